The zero-order valence-electron chi connectivity index (χ0n) is 42.7. The van der Waals surface area contributed by atoms with E-state index in [-0.39, 0.29) is 60.3 Å². The molecule has 4 aliphatic heterocycles. The SMILES string of the molecule is CCC(O)c1ncc(-c2ccc(Oc3cc(Cl)ccc3CN3C4C[C@@H](Cc5ccccc5)C5N(C)[C@@H](C)CNC6C[C@H](Cc7ccc(Cl)cc7)N(C)C7[C@@H](COC)NC([C@@H]3C)C67C(=O)C54CC)cc2)n1C. The van der Waals surface area contributed by atoms with Crippen LogP contribution in [0.4, 0.5) is 0 Å². The van der Waals surface area contributed by atoms with Crippen LogP contribution in [0.3, 0.4) is 0 Å². The van der Waals surface area contributed by atoms with Gasteiger partial charge in [0.1, 0.15) is 23.4 Å². The fourth-order valence-electron chi connectivity index (χ4n) is 14.7. The van der Waals surface area contributed by atoms with Crippen LogP contribution < -0.4 is 15.4 Å². The molecule has 5 aromatic rings. The molecule has 1 spiro atoms. The number of benzene rings is 4. The molecule has 5 heterocycles. The molecule has 378 valence electrons. The molecule has 11 nitrogen and oxygen atoms in total. The number of hydrogen-bond acceptors (Lipinski definition) is 10. The van der Waals surface area contributed by atoms with Crippen molar-refractivity contribution in [2.24, 2.45) is 23.8 Å². The molecule has 4 aromatic carbocycles. The predicted molar refractivity (Wildman–Crippen MR) is 283 cm³/mol. The number of carbonyl (C=O) groups excluding carboxylic acids is 1. The number of halogens is 2. The zero-order valence-corrected chi connectivity index (χ0v) is 44.2. The molecule has 5 aliphatic rings. The summed E-state index contributed by atoms with van der Waals surface area (Å²) in [4.78, 5) is 29.9. The summed E-state index contributed by atoms with van der Waals surface area (Å²) >= 11 is 13.3. The minimum Gasteiger partial charge on any atom is -0.457 e. The van der Waals surface area contributed by atoms with E-state index in [1.165, 1.54) is 11.1 Å². The second-order valence-electron chi connectivity index (χ2n) is 21.6. The number of aliphatic hydroxyl groups is 1. The van der Waals surface area contributed by atoms with Gasteiger partial charge in [-0.2, -0.15) is 0 Å². The molecular formula is C58H73Cl2N7O4. The van der Waals surface area contributed by atoms with Gasteiger partial charge in [-0.25, -0.2) is 4.98 Å². The van der Waals surface area contributed by atoms with Crippen molar-refractivity contribution in [2.45, 2.75) is 133 Å². The smallest absolute Gasteiger partial charge is 0.153 e. The number of aliphatic hydroxyl groups excluding tert-OH is 1. The lowest BCUT2D eigenvalue weighted by Gasteiger charge is -2.57. The first kappa shape index (κ1) is 50.4. The maximum Gasteiger partial charge on any atom is 0.153 e. The number of Topliss-reactive ketones (excluding diaryl/α,β-unsaturated/α-hetero) is 1. The summed E-state index contributed by atoms with van der Waals surface area (Å²) in [5, 5.41) is 20.3. The summed E-state index contributed by atoms with van der Waals surface area (Å²) in [5.74, 6) is 2.66. The van der Waals surface area contributed by atoms with E-state index in [0.29, 0.717) is 47.7 Å². The third-order valence-corrected chi connectivity index (χ3v) is 18.6. The first-order valence-corrected chi connectivity index (χ1v) is 26.8. The largest absolute Gasteiger partial charge is 0.457 e. The number of hydrogen-bond donors (Lipinski definition) is 3. The Bertz CT molecular complexity index is 2670. The number of nitrogens with one attached hydrogen (secondary N) is 2. The van der Waals surface area contributed by atoms with Crippen LogP contribution in [0.15, 0.2) is 103 Å². The molecule has 0 amide bonds. The standard InChI is InChI=1S/C58H73Cl2N7O4/c1-9-48(68)55-62-32-47(66(55)7)39-19-24-45(25-20-39)71-49-29-43(60)23-18-40(49)33-67-36(4)52-58-50(30-44(27-38-16-21-42(59)22-17-38)65(6)54(58)46(63-52)34-70-8)61-31-35(3)64(5)53-41(26-37-14-12-11-13-15-37)28-51(67)57(53,10-2)56(58)69/h11-25,29,32,35-36,41,44,46,48,50-54,61,63,68H,9-10,26-28,30-31,33-34H2,1-8H3/t35-,36-,41+,44-,46+,48?,50?,51?,52?,53?,54?,57?,58?/m0/s1. The Morgan fingerprint density at radius 2 is 1.59 bits per heavy atom. The molecule has 0 radical (unpaired) electrons. The molecule has 1 aromatic heterocycles. The number of nitrogens with zero attached hydrogens (tertiary/aromatic N) is 5. The van der Waals surface area contributed by atoms with E-state index in [4.69, 9.17) is 32.7 Å². The van der Waals surface area contributed by atoms with Crippen molar-refractivity contribution < 1.29 is 19.4 Å². The van der Waals surface area contributed by atoms with Crippen LogP contribution in [0.5, 0.6) is 11.5 Å². The van der Waals surface area contributed by atoms with Gasteiger partial charge in [-0.15, -0.1) is 0 Å². The van der Waals surface area contributed by atoms with Crippen molar-refractivity contribution in [3.63, 3.8) is 0 Å². The molecular weight excluding hydrogens is 930 g/mol. The van der Waals surface area contributed by atoms with Crippen molar-refractivity contribution in [2.75, 3.05) is 34.4 Å². The first-order valence-electron chi connectivity index (χ1n) is 26.0. The minimum atomic E-state index is -0.786. The number of imidazole rings is 1. The van der Waals surface area contributed by atoms with Crippen molar-refractivity contribution >= 4 is 29.0 Å². The Morgan fingerprint density at radius 1 is 0.873 bits per heavy atom. The number of likely N-dealkylation sites (N-methyl/N-ethyl adjacent to an activating group) is 2. The summed E-state index contributed by atoms with van der Waals surface area (Å²) in [5.41, 5.74) is 3.95. The number of ketones is 1. The molecule has 8 unspecified atom stereocenters. The first-order chi connectivity index (χ1) is 34.2. The van der Waals surface area contributed by atoms with Gasteiger partial charge in [-0.3, -0.25) is 19.5 Å². The molecule has 10 rings (SSSR count). The number of likely N-dealkylation sites (tertiary alicyclic amines) is 2. The Hall–Kier alpha value is -4.14. The van der Waals surface area contributed by atoms with Crippen LogP contribution in [0.25, 0.3) is 11.3 Å². The van der Waals surface area contributed by atoms with Crippen molar-refractivity contribution in [3.8, 4) is 22.8 Å². The topological polar surface area (TPSA) is 107 Å². The zero-order chi connectivity index (χ0) is 49.9. The van der Waals surface area contributed by atoms with E-state index in [0.717, 1.165) is 60.5 Å². The molecule has 1 saturated carbocycles. The quantitative estimate of drug-likeness (QED) is 0.0997. The molecule has 71 heavy (non-hydrogen) atoms. The van der Waals surface area contributed by atoms with E-state index < -0.39 is 16.9 Å². The third kappa shape index (κ3) is 8.59. The van der Waals surface area contributed by atoms with Gasteiger partial charge in [0.15, 0.2) is 5.78 Å². The van der Waals surface area contributed by atoms with Gasteiger partial charge in [0.05, 0.1) is 29.3 Å². The average molecular weight is 1000 g/mol. The Kier molecular flexibility index (Phi) is 14.4. The van der Waals surface area contributed by atoms with Gasteiger partial charge >= 0.3 is 0 Å². The second kappa shape index (κ2) is 20.3. The Labute approximate surface area is 431 Å². The average Bonchev–Trinajstić information content (AvgIpc) is 4.03. The normalized spacial score (nSPS) is 32.5. The van der Waals surface area contributed by atoms with E-state index in [2.05, 4.69) is 114 Å². The number of methoxy groups -OCH3 is 1. The van der Waals surface area contributed by atoms with Gasteiger partial charge < -0.3 is 29.8 Å². The van der Waals surface area contributed by atoms with Gasteiger partial charge in [0.25, 0.3) is 0 Å². The minimum absolute atomic E-state index is 0.0111. The lowest BCUT2D eigenvalue weighted by Crippen LogP contribution is -2.73. The number of piperidine rings is 1. The summed E-state index contributed by atoms with van der Waals surface area (Å²) in [7, 11) is 8.31. The van der Waals surface area contributed by atoms with Gasteiger partial charge in [-0.05, 0) is 132 Å². The van der Waals surface area contributed by atoms with Crippen LogP contribution >= 0.6 is 23.2 Å². The Balaban J connectivity index is 1.09. The highest BCUT2D eigenvalue weighted by Crippen LogP contribution is 2.63. The van der Waals surface area contributed by atoms with E-state index in [1.807, 2.05) is 73.3 Å². The maximum absolute atomic E-state index is 17.5. The van der Waals surface area contributed by atoms with Crippen LogP contribution in [-0.4, -0.2) is 124 Å². The highest BCUT2D eigenvalue weighted by atomic mass is 35.5. The summed E-state index contributed by atoms with van der Waals surface area (Å²) in [6.07, 6.45) is 5.97. The fourth-order valence-corrected chi connectivity index (χ4v) is 15.0. The lowest BCUT2D eigenvalue weighted by molar-refractivity contribution is -0.154. The van der Waals surface area contributed by atoms with E-state index in [1.54, 1.807) is 7.11 Å². The fraction of sp³-hybridized carbons (Fsp3) is 0.517. The monoisotopic (exact) mass is 1000 g/mol. The van der Waals surface area contributed by atoms with Gasteiger partial charge in [-0.1, -0.05) is 85.6 Å². The highest BCUT2D eigenvalue weighted by molar-refractivity contribution is 6.31. The number of carbonyl (C=O) groups is 1. The highest BCUT2D eigenvalue weighted by Gasteiger charge is 2.77. The third-order valence-electron chi connectivity index (χ3n) is 18.1. The van der Waals surface area contributed by atoms with Crippen molar-refractivity contribution in [1.82, 2.24) is 34.9 Å². The lowest BCUT2D eigenvalue weighted by atomic mass is 9.54. The van der Waals surface area contributed by atoms with Crippen molar-refractivity contribution in [1.29, 1.82) is 0 Å². The van der Waals surface area contributed by atoms with Crippen LogP contribution in [0.2, 0.25) is 10.0 Å². The predicted octanol–water partition coefficient (Wildman–Crippen LogP) is 9.38. The maximum atomic E-state index is 17.5. The molecule has 1 aliphatic carbocycles. The summed E-state index contributed by atoms with van der Waals surface area (Å²) < 4.78 is 15.0. The summed E-state index contributed by atoms with van der Waals surface area (Å²) in [6, 6.07) is 33.0. The van der Waals surface area contributed by atoms with E-state index in [9.17, 15) is 5.11 Å². The molecule has 2 bridgehead atoms. The van der Waals surface area contributed by atoms with Crippen molar-refractivity contribution in [3.05, 3.63) is 136 Å². The molecule has 3 N–H and O–H groups in total. The molecule has 13 atom stereocenters. The number of aromatic nitrogens is 2. The van der Waals surface area contributed by atoms with Gasteiger partial charge in [0.2, 0.25) is 0 Å². The second-order valence-corrected chi connectivity index (χ2v) is 22.5. The molecule has 13 heteroatoms. The Morgan fingerprint density at radius 3 is 2.30 bits per heavy atom. The van der Waals surface area contributed by atoms with E-state index >= 15 is 4.79 Å². The summed E-state index contributed by atoms with van der Waals surface area (Å²) in [6.45, 7) is 10.8. The number of rotatable bonds is 14. The number of ether oxygens (including phenoxy) is 2. The van der Waals surface area contributed by atoms with Crippen LogP contribution in [-0.2, 0) is 36.0 Å². The molecule has 4 saturated heterocycles. The van der Waals surface area contributed by atoms with Crippen LogP contribution in [0.1, 0.15) is 82.0 Å². The molecule has 5 fully saturated rings. The van der Waals surface area contributed by atoms with Gasteiger partial charge in [0, 0.05) is 103 Å². The van der Waals surface area contributed by atoms with Crippen LogP contribution in [0, 0.1) is 16.7 Å².